The van der Waals surface area contributed by atoms with Crippen molar-refractivity contribution >= 4 is 11.9 Å². The van der Waals surface area contributed by atoms with Gasteiger partial charge in [0, 0.05) is 13.2 Å². The zero-order valence-corrected chi connectivity index (χ0v) is 8.95. The predicted octanol–water partition coefficient (Wildman–Crippen LogP) is 0.235. The van der Waals surface area contributed by atoms with Crippen LogP contribution in [0.25, 0.3) is 0 Å². The van der Waals surface area contributed by atoms with Crippen LogP contribution < -0.4 is 5.32 Å². The van der Waals surface area contributed by atoms with E-state index < -0.39 is 11.9 Å². The van der Waals surface area contributed by atoms with Crippen LogP contribution in [0.2, 0.25) is 0 Å². The van der Waals surface area contributed by atoms with E-state index >= 15 is 0 Å². The van der Waals surface area contributed by atoms with Gasteiger partial charge in [-0.15, -0.1) is 0 Å². The summed E-state index contributed by atoms with van der Waals surface area (Å²) in [6.07, 6.45) is 4.30. The fraction of sp³-hybridized carbons (Fsp3) is 0.800. The Morgan fingerprint density at radius 3 is 2.87 bits per heavy atom. The number of esters is 1. The van der Waals surface area contributed by atoms with Gasteiger partial charge in [-0.1, -0.05) is 0 Å². The van der Waals surface area contributed by atoms with Crippen molar-refractivity contribution in [1.29, 1.82) is 0 Å². The maximum atomic E-state index is 11.0. The molecule has 5 heteroatoms. The molecule has 0 aromatic rings. The lowest BCUT2D eigenvalue weighted by molar-refractivity contribution is -0.152. The molecule has 1 atom stereocenters. The molecule has 86 valence electrons. The molecule has 1 unspecified atom stereocenters. The van der Waals surface area contributed by atoms with Crippen LogP contribution in [0, 0.1) is 0 Å². The van der Waals surface area contributed by atoms with Crippen LogP contribution in [0.1, 0.15) is 25.7 Å². The van der Waals surface area contributed by atoms with Gasteiger partial charge in [-0.25, -0.2) is 4.79 Å². The highest BCUT2D eigenvalue weighted by Gasteiger charge is 2.16. The van der Waals surface area contributed by atoms with Crippen molar-refractivity contribution in [1.82, 2.24) is 5.32 Å². The number of hydrogen-bond acceptors (Lipinski definition) is 4. The Hall–Kier alpha value is -1.10. The summed E-state index contributed by atoms with van der Waals surface area (Å²) in [5, 5.41) is 2.49. The molecule has 1 aliphatic rings. The summed E-state index contributed by atoms with van der Waals surface area (Å²) in [6, 6.07) is 0. The molecule has 1 N–H and O–H groups in total. The second kappa shape index (κ2) is 6.40. The highest BCUT2D eigenvalue weighted by molar-refractivity contribution is 6.32. The number of carbonyl (C=O) groups is 2. The van der Waals surface area contributed by atoms with E-state index in [1.807, 2.05) is 0 Å². The van der Waals surface area contributed by atoms with Crippen LogP contribution in [0.3, 0.4) is 0 Å². The van der Waals surface area contributed by atoms with Gasteiger partial charge in [0.25, 0.3) is 0 Å². The second-order valence-electron chi connectivity index (χ2n) is 3.52. The topological polar surface area (TPSA) is 64.6 Å². The molecule has 1 heterocycles. The molecule has 0 aromatic carbocycles. The van der Waals surface area contributed by atoms with E-state index in [0.29, 0.717) is 6.54 Å². The Labute approximate surface area is 89.1 Å². The van der Waals surface area contributed by atoms with Gasteiger partial charge in [0.1, 0.15) is 0 Å². The van der Waals surface area contributed by atoms with Crippen molar-refractivity contribution in [3.05, 3.63) is 0 Å². The average molecular weight is 215 g/mol. The third kappa shape index (κ3) is 4.29. The molecule has 0 saturated carbocycles. The van der Waals surface area contributed by atoms with Gasteiger partial charge in [-0.05, 0) is 25.7 Å². The number of carbonyl (C=O) groups excluding carboxylic acids is 2. The van der Waals surface area contributed by atoms with Gasteiger partial charge < -0.3 is 14.8 Å². The molecule has 1 amide bonds. The van der Waals surface area contributed by atoms with Gasteiger partial charge in [0.05, 0.1) is 13.2 Å². The zero-order chi connectivity index (χ0) is 11.1. The fourth-order valence-corrected chi connectivity index (χ4v) is 1.55. The molecule has 1 aliphatic heterocycles. The molecule has 0 radical (unpaired) electrons. The fourth-order valence-electron chi connectivity index (χ4n) is 1.55. The SMILES string of the molecule is COC(=O)C(=O)NCCC1CCCCO1. The molecule has 1 saturated heterocycles. The Morgan fingerprint density at radius 1 is 1.47 bits per heavy atom. The molecular formula is C10H17NO4. The van der Waals surface area contributed by atoms with Crippen LogP contribution in [0.15, 0.2) is 0 Å². The lowest BCUT2D eigenvalue weighted by atomic mass is 10.1. The van der Waals surface area contributed by atoms with Gasteiger partial charge in [-0.3, -0.25) is 4.79 Å². The smallest absolute Gasteiger partial charge is 0.396 e. The predicted molar refractivity (Wildman–Crippen MR) is 53.2 cm³/mol. The van der Waals surface area contributed by atoms with Crippen LogP contribution >= 0.6 is 0 Å². The summed E-state index contributed by atoms with van der Waals surface area (Å²) in [5.41, 5.74) is 0. The molecule has 15 heavy (non-hydrogen) atoms. The van der Waals surface area contributed by atoms with E-state index in [4.69, 9.17) is 4.74 Å². The molecule has 0 spiro atoms. The van der Waals surface area contributed by atoms with E-state index in [1.54, 1.807) is 0 Å². The number of methoxy groups -OCH3 is 1. The first-order valence-electron chi connectivity index (χ1n) is 5.22. The quantitative estimate of drug-likeness (QED) is 0.541. The van der Waals surface area contributed by atoms with Crippen molar-refractivity contribution in [2.45, 2.75) is 31.8 Å². The van der Waals surface area contributed by atoms with Gasteiger partial charge in [-0.2, -0.15) is 0 Å². The lowest BCUT2D eigenvalue weighted by Crippen LogP contribution is -2.34. The van der Waals surface area contributed by atoms with Crippen molar-refractivity contribution in [3.8, 4) is 0 Å². The minimum absolute atomic E-state index is 0.219. The summed E-state index contributed by atoms with van der Waals surface area (Å²) in [7, 11) is 1.19. The normalized spacial score (nSPS) is 20.7. The van der Waals surface area contributed by atoms with E-state index in [0.717, 1.165) is 25.9 Å². The summed E-state index contributed by atoms with van der Waals surface area (Å²) in [5.74, 6) is -1.53. The van der Waals surface area contributed by atoms with E-state index in [9.17, 15) is 9.59 Å². The molecule has 1 fully saturated rings. The van der Waals surface area contributed by atoms with Gasteiger partial charge >= 0.3 is 11.9 Å². The molecule has 1 rings (SSSR count). The van der Waals surface area contributed by atoms with Crippen molar-refractivity contribution in [3.63, 3.8) is 0 Å². The highest BCUT2D eigenvalue weighted by atomic mass is 16.5. The summed E-state index contributed by atoms with van der Waals surface area (Å²) in [4.78, 5) is 21.7. The van der Waals surface area contributed by atoms with Crippen molar-refractivity contribution in [2.75, 3.05) is 20.3 Å². The second-order valence-corrected chi connectivity index (χ2v) is 3.52. The minimum Gasteiger partial charge on any atom is -0.462 e. The Morgan fingerprint density at radius 2 is 2.27 bits per heavy atom. The van der Waals surface area contributed by atoms with Gasteiger partial charge in [0.15, 0.2) is 0 Å². The van der Waals surface area contributed by atoms with Crippen LogP contribution in [0.5, 0.6) is 0 Å². The Bertz CT molecular complexity index is 223. The number of ether oxygens (including phenoxy) is 2. The lowest BCUT2D eigenvalue weighted by Gasteiger charge is -2.22. The molecule has 5 nitrogen and oxygen atoms in total. The number of amides is 1. The third-order valence-electron chi connectivity index (χ3n) is 2.40. The van der Waals surface area contributed by atoms with E-state index in [1.165, 1.54) is 13.5 Å². The summed E-state index contributed by atoms with van der Waals surface area (Å²) >= 11 is 0. The maximum Gasteiger partial charge on any atom is 0.396 e. The zero-order valence-electron chi connectivity index (χ0n) is 8.95. The van der Waals surface area contributed by atoms with Gasteiger partial charge in [0.2, 0.25) is 0 Å². The van der Waals surface area contributed by atoms with E-state index in [2.05, 4.69) is 10.1 Å². The largest absolute Gasteiger partial charge is 0.462 e. The van der Waals surface area contributed by atoms with Crippen LogP contribution in [-0.2, 0) is 19.1 Å². The monoisotopic (exact) mass is 215 g/mol. The molecular weight excluding hydrogens is 198 g/mol. The molecule has 0 aliphatic carbocycles. The Balaban J connectivity index is 2.09. The number of hydrogen-bond donors (Lipinski definition) is 1. The maximum absolute atomic E-state index is 11.0. The third-order valence-corrected chi connectivity index (χ3v) is 2.40. The minimum atomic E-state index is -0.848. The van der Waals surface area contributed by atoms with Crippen LogP contribution in [0.4, 0.5) is 0 Å². The Kier molecular flexibility index (Phi) is 5.10. The summed E-state index contributed by atoms with van der Waals surface area (Å²) < 4.78 is 9.75. The van der Waals surface area contributed by atoms with E-state index in [-0.39, 0.29) is 6.10 Å². The first-order valence-corrected chi connectivity index (χ1v) is 5.22. The molecule has 0 bridgehead atoms. The number of nitrogens with one attached hydrogen (secondary N) is 1. The first kappa shape index (κ1) is 12.0. The molecule has 0 aromatic heterocycles. The van der Waals surface area contributed by atoms with Crippen LogP contribution in [-0.4, -0.2) is 38.2 Å². The standard InChI is InChI=1S/C10H17NO4/c1-14-10(13)9(12)11-6-5-8-4-2-3-7-15-8/h8H,2-7H2,1H3,(H,11,12). The highest BCUT2D eigenvalue weighted by Crippen LogP contribution is 2.14. The number of rotatable bonds is 3. The van der Waals surface area contributed by atoms with Crippen molar-refractivity contribution < 1.29 is 19.1 Å². The first-order chi connectivity index (χ1) is 7.24. The summed E-state index contributed by atoms with van der Waals surface area (Å²) in [6.45, 7) is 1.26. The van der Waals surface area contributed by atoms with Crippen molar-refractivity contribution in [2.24, 2.45) is 0 Å². The average Bonchev–Trinajstić information content (AvgIpc) is 2.29.